The molecule has 25 heavy (non-hydrogen) atoms. The Bertz CT molecular complexity index is 591. The summed E-state index contributed by atoms with van der Waals surface area (Å²) in [6, 6.07) is 0. The Morgan fingerprint density at radius 2 is 2.24 bits per heavy atom. The van der Waals surface area contributed by atoms with Crippen LogP contribution in [0.5, 0.6) is 0 Å². The van der Waals surface area contributed by atoms with Gasteiger partial charge in [0.25, 0.3) is 0 Å². The summed E-state index contributed by atoms with van der Waals surface area (Å²) in [5.74, 6) is 1.65. The lowest BCUT2D eigenvalue weighted by Gasteiger charge is -2.45. The number of piperidine rings is 1. The van der Waals surface area contributed by atoms with Gasteiger partial charge >= 0.3 is 0 Å². The second-order valence-electron chi connectivity index (χ2n) is 7.78. The molecule has 0 amide bonds. The lowest BCUT2D eigenvalue weighted by Crippen LogP contribution is -2.53. The number of rotatable bonds is 4. The molecule has 7 heteroatoms. The molecule has 0 bridgehead atoms. The molecule has 3 fully saturated rings. The Balaban J connectivity index is 1.66. The van der Waals surface area contributed by atoms with E-state index in [0.29, 0.717) is 18.8 Å². The molecule has 1 N–H and O–H groups in total. The van der Waals surface area contributed by atoms with Crippen LogP contribution in [0.2, 0.25) is 0 Å². The van der Waals surface area contributed by atoms with Gasteiger partial charge in [0.15, 0.2) is 15.8 Å². The van der Waals surface area contributed by atoms with Gasteiger partial charge in [0.1, 0.15) is 0 Å². The highest BCUT2D eigenvalue weighted by molar-refractivity contribution is 7.91. The van der Waals surface area contributed by atoms with Gasteiger partial charge < -0.3 is 15.0 Å². The fraction of sp³-hybridized carbons (Fsp3) is 0.833. The molecule has 142 valence electrons. The zero-order chi connectivity index (χ0) is 17.8. The van der Waals surface area contributed by atoms with E-state index in [1.165, 1.54) is 12.8 Å². The fourth-order valence-electron chi connectivity index (χ4n) is 4.28. The lowest BCUT2D eigenvalue weighted by atomic mass is 9.76. The number of guanidine groups is 1. The molecule has 1 spiro atoms. The van der Waals surface area contributed by atoms with Crippen molar-refractivity contribution in [3.05, 3.63) is 12.7 Å². The number of aliphatic imine (C=N–C) groups is 1. The number of hydrogen-bond donors (Lipinski definition) is 1. The average Bonchev–Trinajstić information content (AvgIpc) is 2.95. The molecule has 3 aliphatic rings. The van der Waals surface area contributed by atoms with E-state index in [-0.39, 0.29) is 17.1 Å². The average molecular weight is 370 g/mol. The SMILES string of the molecule is C=CCNC(=NCC1CCS(=O)(=O)C1)N1CCCC2(CCCOC2)C1. The van der Waals surface area contributed by atoms with Crippen molar-refractivity contribution in [2.45, 2.75) is 32.1 Å². The molecule has 3 aliphatic heterocycles. The topological polar surface area (TPSA) is 71.0 Å². The Kier molecular flexibility index (Phi) is 6.04. The van der Waals surface area contributed by atoms with E-state index < -0.39 is 9.84 Å². The van der Waals surface area contributed by atoms with Crippen LogP contribution in [0.25, 0.3) is 0 Å². The van der Waals surface area contributed by atoms with E-state index in [2.05, 4.69) is 16.8 Å². The van der Waals surface area contributed by atoms with Gasteiger partial charge in [-0.3, -0.25) is 4.99 Å². The van der Waals surface area contributed by atoms with Crippen LogP contribution in [-0.2, 0) is 14.6 Å². The zero-order valence-electron chi connectivity index (χ0n) is 15.1. The molecule has 2 unspecified atom stereocenters. The van der Waals surface area contributed by atoms with Crippen molar-refractivity contribution < 1.29 is 13.2 Å². The van der Waals surface area contributed by atoms with Gasteiger partial charge in [0.2, 0.25) is 0 Å². The minimum Gasteiger partial charge on any atom is -0.381 e. The molecule has 6 nitrogen and oxygen atoms in total. The summed E-state index contributed by atoms with van der Waals surface area (Å²) in [7, 11) is -2.84. The summed E-state index contributed by atoms with van der Waals surface area (Å²) in [4.78, 5) is 7.13. The highest BCUT2D eigenvalue weighted by Crippen LogP contribution is 2.37. The van der Waals surface area contributed by atoms with Gasteiger partial charge in [0.05, 0.1) is 18.1 Å². The van der Waals surface area contributed by atoms with Crippen molar-refractivity contribution in [2.75, 3.05) is 50.9 Å². The van der Waals surface area contributed by atoms with Crippen molar-refractivity contribution in [2.24, 2.45) is 16.3 Å². The first-order valence-electron chi connectivity index (χ1n) is 9.44. The van der Waals surface area contributed by atoms with Crippen molar-refractivity contribution in [3.63, 3.8) is 0 Å². The number of likely N-dealkylation sites (tertiary alicyclic amines) is 1. The Morgan fingerprint density at radius 3 is 2.92 bits per heavy atom. The van der Waals surface area contributed by atoms with E-state index in [1.54, 1.807) is 0 Å². The Labute approximate surface area is 151 Å². The van der Waals surface area contributed by atoms with Gasteiger partial charge in [0, 0.05) is 38.2 Å². The number of hydrogen-bond acceptors (Lipinski definition) is 4. The monoisotopic (exact) mass is 369 g/mol. The first-order valence-corrected chi connectivity index (χ1v) is 11.3. The number of nitrogens with one attached hydrogen (secondary N) is 1. The van der Waals surface area contributed by atoms with Crippen LogP contribution >= 0.6 is 0 Å². The molecule has 3 rings (SSSR count). The van der Waals surface area contributed by atoms with E-state index >= 15 is 0 Å². The second kappa shape index (κ2) is 8.08. The van der Waals surface area contributed by atoms with Crippen molar-refractivity contribution in [1.29, 1.82) is 0 Å². The molecule has 0 radical (unpaired) electrons. The largest absolute Gasteiger partial charge is 0.381 e. The minimum absolute atomic E-state index is 0.155. The quantitative estimate of drug-likeness (QED) is 0.461. The summed E-state index contributed by atoms with van der Waals surface area (Å²) in [6.07, 6.45) is 7.30. The predicted octanol–water partition coefficient (Wildman–Crippen LogP) is 1.45. The van der Waals surface area contributed by atoms with Crippen LogP contribution in [0.1, 0.15) is 32.1 Å². The number of sulfone groups is 1. The Morgan fingerprint density at radius 1 is 1.40 bits per heavy atom. The van der Waals surface area contributed by atoms with Crippen LogP contribution in [0.3, 0.4) is 0 Å². The van der Waals surface area contributed by atoms with Crippen LogP contribution in [0.4, 0.5) is 0 Å². The van der Waals surface area contributed by atoms with Gasteiger partial charge in [-0.15, -0.1) is 6.58 Å². The summed E-state index contributed by atoms with van der Waals surface area (Å²) in [5, 5.41) is 3.37. The molecular weight excluding hydrogens is 338 g/mol. The highest BCUT2D eigenvalue weighted by atomic mass is 32.2. The molecule has 0 saturated carbocycles. The van der Waals surface area contributed by atoms with Gasteiger partial charge in [-0.25, -0.2) is 8.42 Å². The van der Waals surface area contributed by atoms with Crippen molar-refractivity contribution in [3.8, 4) is 0 Å². The van der Waals surface area contributed by atoms with Gasteiger partial charge in [-0.2, -0.15) is 0 Å². The molecule has 3 saturated heterocycles. The first-order chi connectivity index (χ1) is 12.0. The maximum absolute atomic E-state index is 11.7. The third-order valence-corrected chi connectivity index (χ3v) is 7.43. The van der Waals surface area contributed by atoms with E-state index in [4.69, 9.17) is 9.73 Å². The van der Waals surface area contributed by atoms with Crippen LogP contribution in [-0.4, -0.2) is 70.2 Å². The molecule has 2 atom stereocenters. The molecule has 0 aliphatic carbocycles. The smallest absolute Gasteiger partial charge is 0.194 e. The van der Waals surface area contributed by atoms with Crippen LogP contribution < -0.4 is 5.32 Å². The third-order valence-electron chi connectivity index (χ3n) is 5.60. The van der Waals surface area contributed by atoms with E-state index in [0.717, 1.165) is 51.5 Å². The maximum atomic E-state index is 11.7. The maximum Gasteiger partial charge on any atom is 0.194 e. The zero-order valence-corrected chi connectivity index (χ0v) is 15.9. The first kappa shape index (κ1) is 18.7. The van der Waals surface area contributed by atoms with Crippen molar-refractivity contribution in [1.82, 2.24) is 10.2 Å². The summed E-state index contributed by atoms with van der Waals surface area (Å²) < 4.78 is 29.1. The summed E-state index contributed by atoms with van der Waals surface area (Å²) in [5.41, 5.74) is 0.254. The third kappa shape index (κ3) is 4.97. The number of ether oxygens (including phenoxy) is 1. The summed E-state index contributed by atoms with van der Waals surface area (Å²) >= 11 is 0. The Hall–Kier alpha value is -1.08. The minimum atomic E-state index is -2.84. The lowest BCUT2D eigenvalue weighted by molar-refractivity contribution is -0.0370. The van der Waals surface area contributed by atoms with E-state index in [1.807, 2.05) is 6.08 Å². The molecule has 3 heterocycles. The number of nitrogens with zero attached hydrogens (tertiary/aromatic N) is 2. The van der Waals surface area contributed by atoms with Gasteiger partial charge in [-0.1, -0.05) is 6.08 Å². The normalized spacial score (nSPS) is 32.7. The van der Waals surface area contributed by atoms with E-state index in [9.17, 15) is 8.42 Å². The van der Waals surface area contributed by atoms with Gasteiger partial charge in [-0.05, 0) is 38.0 Å². The van der Waals surface area contributed by atoms with Crippen LogP contribution in [0, 0.1) is 11.3 Å². The molecule has 0 aromatic carbocycles. The molecule has 0 aromatic heterocycles. The summed E-state index contributed by atoms with van der Waals surface area (Å²) in [6.45, 7) is 8.73. The van der Waals surface area contributed by atoms with Crippen LogP contribution in [0.15, 0.2) is 17.6 Å². The second-order valence-corrected chi connectivity index (χ2v) is 10.0. The molecule has 0 aromatic rings. The standard InChI is InChI=1S/C18H31N3O3S/c1-2-8-19-17(20-12-16-5-11-25(22,23)13-16)21-9-3-6-18(14-21)7-4-10-24-15-18/h2,16H,1,3-15H2,(H,19,20). The highest BCUT2D eigenvalue weighted by Gasteiger charge is 2.38. The predicted molar refractivity (Wildman–Crippen MR) is 101 cm³/mol. The fourth-order valence-corrected chi connectivity index (χ4v) is 6.13. The van der Waals surface area contributed by atoms with Crippen molar-refractivity contribution >= 4 is 15.8 Å². The molecular formula is C18H31N3O3S.